The second kappa shape index (κ2) is 7.98. The monoisotopic (exact) mass is 273 g/mol. The van der Waals surface area contributed by atoms with E-state index in [1.54, 1.807) is 11.8 Å². The highest BCUT2D eigenvalue weighted by Gasteiger charge is 2.08. The number of hydrogen-bond donors (Lipinski definition) is 2. The molecule has 0 aliphatic rings. The first-order valence-electron chi connectivity index (χ1n) is 5.94. The second-order valence-corrected chi connectivity index (χ2v) is 5.89. The molecular weight excluding hydrogens is 254 g/mol. The Morgan fingerprint density at radius 1 is 1.47 bits per heavy atom. The molecule has 0 amide bonds. The van der Waals surface area contributed by atoms with Crippen molar-refractivity contribution >= 4 is 23.4 Å². The van der Waals surface area contributed by atoms with E-state index in [-0.39, 0.29) is 6.61 Å². The van der Waals surface area contributed by atoms with Gasteiger partial charge >= 0.3 is 0 Å². The van der Waals surface area contributed by atoms with Crippen LogP contribution in [0.5, 0.6) is 0 Å². The molecule has 0 saturated heterocycles. The molecule has 0 saturated carbocycles. The highest BCUT2D eigenvalue weighted by molar-refractivity contribution is 8.00. The summed E-state index contributed by atoms with van der Waals surface area (Å²) in [6.07, 6.45) is 0.803. The first kappa shape index (κ1) is 14.8. The highest BCUT2D eigenvalue weighted by Crippen LogP contribution is 2.30. The summed E-state index contributed by atoms with van der Waals surface area (Å²) in [4.78, 5) is 1.21. The Labute approximate surface area is 113 Å². The quantitative estimate of drug-likeness (QED) is 0.748. The van der Waals surface area contributed by atoms with Crippen LogP contribution in [0.4, 0.5) is 0 Å². The molecule has 0 heterocycles. The molecule has 1 aromatic carbocycles. The van der Waals surface area contributed by atoms with Gasteiger partial charge in [0.15, 0.2) is 0 Å². The van der Waals surface area contributed by atoms with Gasteiger partial charge in [0.25, 0.3) is 0 Å². The standard InChI is InChI=1S/C13H20ClNOS/c1-3-15-9-11-4-5-12(14)8-13(11)17-10(2)6-7-16/h4-5,8,10,15-16H,3,6-7,9H2,1-2H3. The molecule has 0 bridgehead atoms. The average molecular weight is 274 g/mol. The third-order valence-electron chi connectivity index (χ3n) is 2.46. The van der Waals surface area contributed by atoms with Crippen LogP contribution in [0.25, 0.3) is 0 Å². The molecule has 1 unspecified atom stereocenters. The Bertz CT molecular complexity index is 346. The predicted molar refractivity (Wildman–Crippen MR) is 75.9 cm³/mol. The number of hydrogen-bond acceptors (Lipinski definition) is 3. The zero-order chi connectivity index (χ0) is 12.7. The Hall–Kier alpha value is -0.220. The molecule has 17 heavy (non-hydrogen) atoms. The van der Waals surface area contributed by atoms with Crippen molar-refractivity contribution in [3.63, 3.8) is 0 Å². The van der Waals surface area contributed by atoms with Crippen molar-refractivity contribution in [1.29, 1.82) is 0 Å². The summed E-state index contributed by atoms with van der Waals surface area (Å²) < 4.78 is 0. The number of rotatable bonds is 7. The van der Waals surface area contributed by atoms with Gasteiger partial charge in [0, 0.05) is 28.3 Å². The molecule has 2 N–H and O–H groups in total. The van der Waals surface area contributed by atoms with Crippen LogP contribution in [-0.4, -0.2) is 23.5 Å². The van der Waals surface area contributed by atoms with Crippen LogP contribution in [0.3, 0.4) is 0 Å². The van der Waals surface area contributed by atoms with Gasteiger partial charge in [-0.2, -0.15) is 0 Å². The third kappa shape index (κ3) is 5.30. The van der Waals surface area contributed by atoms with E-state index < -0.39 is 0 Å². The molecule has 0 aliphatic heterocycles. The highest BCUT2D eigenvalue weighted by atomic mass is 35.5. The van der Waals surface area contributed by atoms with Crippen molar-refractivity contribution in [3.8, 4) is 0 Å². The molecule has 1 atom stereocenters. The fourth-order valence-corrected chi connectivity index (χ4v) is 2.88. The summed E-state index contributed by atoms with van der Waals surface area (Å²) in [5.74, 6) is 0. The van der Waals surface area contributed by atoms with Crippen molar-refractivity contribution in [1.82, 2.24) is 5.32 Å². The lowest BCUT2D eigenvalue weighted by atomic mass is 10.2. The lowest BCUT2D eigenvalue weighted by Gasteiger charge is -2.14. The van der Waals surface area contributed by atoms with E-state index in [1.165, 1.54) is 10.5 Å². The van der Waals surface area contributed by atoms with E-state index in [2.05, 4.69) is 25.2 Å². The fraction of sp³-hybridized carbons (Fsp3) is 0.538. The first-order chi connectivity index (χ1) is 8.17. The van der Waals surface area contributed by atoms with E-state index in [1.807, 2.05) is 12.1 Å². The van der Waals surface area contributed by atoms with Gasteiger partial charge in [0.1, 0.15) is 0 Å². The molecule has 0 aromatic heterocycles. The Morgan fingerprint density at radius 3 is 2.88 bits per heavy atom. The van der Waals surface area contributed by atoms with Crippen LogP contribution in [0.2, 0.25) is 5.02 Å². The summed E-state index contributed by atoms with van der Waals surface area (Å²) in [6.45, 7) is 6.27. The minimum absolute atomic E-state index is 0.233. The number of thioether (sulfide) groups is 1. The Balaban J connectivity index is 2.75. The SMILES string of the molecule is CCNCc1ccc(Cl)cc1SC(C)CCO. The molecule has 96 valence electrons. The zero-order valence-corrected chi connectivity index (χ0v) is 11.9. The van der Waals surface area contributed by atoms with Crippen LogP contribution < -0.4 is 5.32 Å². The second-order valence-electron chi connectivity index (χ2n) is 3.97. The molecular formula is C13H20ClNOS. The van der Waals surface area contributed by atoms with Crippen molar-refractivity contribution in [2.75, 3.05) is 13.2 Å². The normalized spacial score (nSPS) is 12.7. The molecule has 1 aromatic rings. The summed E-state index contributed by atoms with van der Waals surface area (Å²) >= 11 is 7.80. The zero-order valence-electron chi connectivity index (χ0n) is 10.4. The maximum atomic E-state index is 8.93. The molecule has 1 rings (SSSR count). The van der Waals surface area contributed by atoms with E-state index in [0.717, 1.165) is 24.5 Å². The van der Waals surface area contributed by atoms with E-state index >= 15 is 0 Å². The lowest BCUT2D eigenvalue weighted by Crippen LogP contribution is -2.12. The summed E-state index contributed by atoms with van der Waals surface area (Å²) in [5, 5.41) is 13.4. The maximum Gasteiger partial charge on any atom is 0.0441 e. The number of aliphatic hydroxyl groups is 1. The Kier molecular flexibility index (Phi) is 6.97. The van der Waals surface area contributed by atoms with Crippen LogP contribution >= 0.6 is 23.4 Å². The fourth-order valence-electron chi connectivity index (χ4n) is 1.50. The number of halogens is 1. The van der Waals surface area contributed by atoms with E-state index in [0.29, 0.717) is 5.25 Å². The number of aliphatic hydroxyl groups excluding tert-OH is 1. The van der Waals surface area contributed by atoms with Crippen LogP contribution in [0, 0.1) is 0 Å². The number of nitrogens with one attached hydrogen (secondary N) is 1. The van der Waals surface area contributed by atoms with Gasteiger partial charge in [0.2, 0.25) is 0 Å². The molecule has 0 spiro atoms. The molecule has 0 fully saturated rings. The summed E-state index contributed by atoms with van der Waals surface area (Å²) in [7, 11) is 0. The third-order valence-corrected chi connectivity index (χ3v) is 3.97. The molecule has 4 heteroatoms. The van der Waals surface area contributed by atoms with Crippen LogP contribution in [-0.2, 0) is 6.54 Å². The van der Waals surface area contributed by atoms with E-state index in [4.69, 9.17) is 16.7 Å². The molecule has 0 aliphatic carbocycles. The summed E-state index contributed by atoms with van der Waals surface area (Å²) in [5.41, 5.74) is 1.27. The molecule has 0 radical (unpaired) electrons. The minimum Gasteiger partial charge on any atom is -0.396 e. The number of benzene rings is 1. The van der Waals surface area contributed by atoms with Gasteiger partial charge in [-0.3, -0.25) is 0 Å². The summed E-state index contributed by atoms with van der Waals surface area (Å²) in [6, 6.07) is 6.00. The van der Waals surface area contributed by atoms with Gasteiger partial charge in [-0.05, 0) is 30.7 Å². The van der Waals surface area contributed by atoms with Gasteiger partial charge in [-0.1, -0.05) is 31.5 Å². The van der Waals surface area contributed by atoms with Crippen molar-refractivity contribution in [3.05, 3.63) is 28.8 Å². The van der Waals surface area contributed by atoms with Crippen molar-refractivity contribution in [2.45, 2.75) is 37.0 Å². The van der Waals surface area contributed by atoms with Crippen LogP contribution in [0.1, 0.15) is 25.8 Å². The van der Waals surface area contributed by atoms with Gasteiger partial charge < -0.3 is 10.4 Å². The van der Waals surface area contributed by atoms with Gasteiger partial charge in [-0.15, -0.1) is 11.8 Å². The lowest BCUT2D eigenvalue weighted by molar-refractivity contribution is 0.289. The topological polar surface area (TPSA) is 32.3 Å². The maximum absolute atomic E-state index is 8.93. The van der Waals surface area contributed by atoms with Crippen molar-refractivity contribution in [2.24, 2.45) is 0 Å². The minimum atomic E-state index is 0.233. The van der Waals surface area contributed by atoms with Gasteiger partial charge in [0.05, 0.1) is 0 Å². The Morgan fingerprint density at radius 2 is 2.24 bits per heavy atom. The first-order valence-corrected chi connectivity index (χ1v) is 7.19. The molecule has 2 nitrogen and oxygen atoms in total. The predicted octanol–water partition coefficient (Wildman–Crippen LogP) is 3.31. The average Bonchev–Trinajstić information content (AvgIpc) is 2.28. The largest absolute Gasteiger partial charge is 0.396 e. The van der Waals surface area contributed by atoms with Crippen molar-refractivity contribution < 1.29 is 5.11 Å². The van der Waals surface area contributed by atoms with E-state index in [9.17, 15) is 0 Å². The van der Waals surface area contributed by atoms with Crippen LogP contribution in [0.15, 0.2) is 23.1 Å². The smallest absolute Gasteiger partial charge is 0.0441 e. The van der Waals surface area contributed by atoms with Gasteiger partial charge in [-0.25, -0.2) is 0 Å².